The third-order valence-electron chi connectivity index (χ3n) is 2.91. The van der Waals surface area contributed by atoms with E-state index >= 15 is 0 Å². The number of aryl methyl sites for hydroxylation is 1. The van der Waals surface area contributed by atoms with E-state index in [1.165, 1.54) is 31.2 Å². The van der Waals surface area contributed by atoms with E-state index in [1.54, 1.807) is 0 Å². The Morgan fingerprint density at radius 1 is 1.64 bits per heavy atom. The van der Waals surface area contributed by atoms with Crippen LogP contribution in [0.25, 0.3) is 0 Å². The van der Waals surface area contributed by atoms with E-state index < -0.39 is 0 Å². The lowest BCUT2D eigenvalue weighted by molar-refractivity contribution is 0.569. The van der Waals surface area contributed by atoms with Gasteiger partial charge in [0.05, 0.1) is 6.20 Å². The van der Waals surface area contributed by atoms with E-state index in [4.69, 9.17) is 5.73 Å². The minimum Gasteiger partial charge on any atom is -0.324 e. The number of nitrogens with two attached hydrogens (primary N) is 1. The van der Waals surface area contributed by atoms with Crippen molar-refractivity contribution in [1.82, 2.24) is 9.78 Å². The van der Waals surface area contributed by atoms with Crippen molar-refractivity contribution >= 4 is 0 Å². The number of nitrogens with zero attached hydrogens (tertiary/aromatic N) is 2. The number of hydrogen-bond donors (Lipinski definition) is 1. The van der Waals surface area contributed by atoms with Gasteiger partial charge in [0.2, 0.25) is 0 Å². The third kappa shape index (κ3) is 2.15. The summed E-state index contributed by atoms with van der Waals surface area (Å²) in [5.41, 5.74) is 7.30. The lowest BCUT2D eigenvalue weighted by Gasteiger charge is -2.05. The zero-order chi connectivity index (χ0) is 9.97. The molecule has 1 aromatic heterocycles. The molecule has 1 fully saturated rings. The first-order valence-corrected chi connectivity index (χ1v) is 5.59. The van der Waals surface area contributed by atoms with Gasteiger partial charge in [0.1, 0.15) is 0 Å². The largest absolute Gasteiger partial charge is 0.324 e. The standard InChI is InChI=1S/C11H19N3/c1-2-3-6-14-8-10(7-13-14)11(12)9-4-5-9/h7-9,11H,2-6,12H2,1H3. The Labute approximate surface area is 85.3 Å². The number of hydrogen-bond acceptors (Lipinski definition) is 2. The summed E-state index contributed by atoms with van der Waals surface area (Å²) >= 11 is 0. The normalized spacial score (nSPS) is 18.4. The van der Waals surface area contributed by atoms with Crippen molar-refractivity contribution in [3.8, 4) is 0 Å². The molecule has 2 rings (SSSR count). The third-order valence-corrected chi connectivity index (χ3v) is 2.91. The summed E-state index contributed by atoms with van der Waals surface area (Å²) in [5, 5.41) is 4.32. The first-order chi connectivity index (χ1) is 6.81. The van der Waals surface area contributed by atoms with Crippen molar-refractivity contribution in [2.75, 3.05) is 0 Å². The van der Waals surface area contributed by atoms with Crippen molar-refractivity contribution in [2.24, 2.45) is 11.7 Å². The van der Waals surface area contributed by atoms with Crippen LogP contribution < -0.4 is 5.73 Å². The van der Waals surface area contributed by atoms with Crippen molar-refractivity contribution in [1.29, 1.82) is 0 Å². The fraction of sp³-hybridized carbons (Fsp3) is 0.727. The molecule has 0 amide bonds. The molecule has 0 saturated heterocycles. The van der Waals surface area contributed by atoms with Crippen molar-refractivity contribution in [3.63, 3.8) is 0 Å². The van der Waals surface area contributed by atoms with E-state index in [0.717, 1.165) is 12.5 Å². The van der Waals surface area contributed by atoms with Crippen LogP contribution in [0, 0.1) is 5.92 Å². The van der Waals surface area contributed by atoms with E-state index in [0.29, 0.717) is 0 Å². The topological polar surface area (TPSA) is 43.8 Å². The maximum atomic E-state index is 6.09. The molecular formula is C11H19N3. The van der Waals surface area contributed by atoms with E-state index in [1.807, 2.05) is 10.9 Å². The molecule has 3 nitrogen and oxygen atoms in total. The van der Waals surface area contributed by atoms with Crippen LogP contribution in [-0.4, -0.2) is 9.78 Å². The quantitative estimate of drug-likeness (QED) is 0.778. The van der Waals surface area contributed by atoms with Crippen LogP contribution in [0.2, 0.25) is 0 Å². The van der Waals surface area contributed by atoms with E-state index in [-0.39, 0.29) is 6.04 Å². The second-order valence-electron chi connectivity index (χ2n) is 4.25. The van der Waals surface area contributed by atoms with Gasteiger partial charge in [-0.05, 0) is 25.2 Å². The lowest BCUT2D eigenvalue weighted by atomic mass is 10.1. The minimum absolute atomic E-state index is 0.227. The average molecular weight is 193 g/mol. The molecule has 1 unspecified atom stereocenters. The molecule has 1 saturated carbocycles. The van der Waals surface area contributed by atoms with Gasteiger partial charge in [0, 0.05) is 24.3 Å². The summed E-state index contributed by atoms with van der Waals surface area (Å²) in [7, 11) is 0. The number of unbranched alkanes of at least 4 members (excludes halogenated alkanes) is 1. The molecule has 1 atom stereocenters. The molecule has 1 aliphatic carbocycles. The van der Waals surface area contributed by atoms with Crippen LogP contribution in [0.4, 0.5) is 0 Å². The van der Waals surface area contributed by atoms with Crippen LogP contribution in [-0.2, 0) is 6.54 Å². The Balaban J connectivity index is 1.94. The highest BCUT2D eigenvalue weighted by Gasteiger charge is 2.30. The second kappa shape index (κ2) is 4.13. The maximum absolute atomic E-state index is 6.09. The molecule has 0 bridgehead atoms. The highest BCUT2D eigenvalue weighted by atomic mass is 15.3. The Morgan fingerprint density at radius 3 is 3.07 bits per heavy atom. The van der Waals surface area contributed by atoms with Gasteiger partial charge >= 0.3 is 0 Å². The van der Waals surface area contributed by atoms with Crippen molar-refractivity contribution < 1.29 is 0 Å². The van der Waals surface area contributed by atoms with Gasteiger partial charge in [-0.2, -0.15) is 5.10 Å². The van der Waals surface area contributed by atoms with Gasteiger partial charge < -0.3 is 5.73 Å². The molecule has 14 heavy (non-hydrogen) atoms. The maximum Gasteiger partial charge on any atom is 0.0537 e. The first-order valence-electron chi connectivity index (χ1n) is 5.59. The molecule has 1 heterocycles. The van der Waals surface area contributed by atoms with E-state index in [9.17, 15) is 0 Å². The van der Waals surface area contributed by atoms with Crippen LogP contribution in [0.3, 0.4) is 0 Å². The summed E-state index contributed by atoms with van der Waals surface area (Å²) in [4.78, 5) is 0. The Hall–Kier alpha value is -0.830. The minimum atomic E-state index is 0.227. The molecule has 1 aromatic rings. The Kier molecular flexibility index (Phi) is 2.87. The molecule has 78 valence electrons. The fourth-order valence-electron chi connectivity index (χ4n) is 1.72. The van der Waals surface area contributed by atoms with Crippen LogP contribution in [0.15, 0.2) is 12.4 Å². The molecule has 0 aromatic carbocycles. The predicted molar refractivity (Wildman–Crippen MR) is 56.8 cm³/mol. The highest BCUT2D eigenvalue weighted by molar-refractivity contribution is 5.13. The van der Waals surface area contributed by atoms with Crippen LogP contribution in [0.1, 0.15) is 44.2 Å². The molecule has 0 aliphatic heterocycles. The number of aromatic nitrogens is 2. The summed E-state index contributed by atoms with van der Waals surface area (Å²) in [6, 6.07) is 0.227. The Morgan fingerprint density at radius 2 is 2.43 bits per heavy atom. The monoisotopic (exact) mass is 193 g/mol. The first kappa shape index (κ1) is 9.71. The molecular weight excluding hydrogens is 174 g/mol. The van der Waals surface area contributed by atoms with Crippen LogP contribution in [0.5, 0.6) is 0 Å². The van der Waals surface area contributed by atoms with Crippen LogP contribution >= 0.6 is 0 Å². The lowest BCUT2D eigenvalue weighted by Crippen LogP contribution is -2.11. The second-order valence-corrected chi connectivity index (χ2v) is 4.25. The molecule has 0 radical (unpaired) electrons. The summed E-state index contributed by atoms with van der Waals surface area (Å²) in [5.74, 6) is 0.721. The smallest absolute Gasteiger partial charge is 0.0537 e. The van der Waals surface area contributed by atoms with E-state index in [2.05, 4.69) is 18.2 Å². The van der Waals surface area contributed by atoms with Crippen molar-refractivity contribution in [3.05, 3.63) is 18.0 Å². The van der Waals surface area contributed by atoms with Gasteiger partial charge in [-0.15, -0.1) is 0 Å². The van der Waals surface area contributed by atoms with Gasteiger partial charge in [-0.1, -0.05) is 13.3 Å². The highest BCUT2D eigenvalue weighted by Crippen LogP contribution is 2.39. The zero-order valence-electron chi connectivity index (χ0n) is 8.82. The zero-order valence-corrected chi connectivity index (χ0v) is 8.82. The molecule has 3 heteroatoms. The SMILES string of the molecule is CCCCn1cc(C(N)C2CC2)cn1. The van der Waals surface area contributed by atoms with Gasteiger partial charge in [0.15, 0.2) is 0 Å². The van der Waals surface area contributed by atoms with Gasteiger partial charge in [0.25, 0.3) is 0 Å². The summed E-state index contributed by atoms with van der Waals surface area (Å²) in [6.07, 6.45) is 9.03. The average Bonchev–Trinajstić information content (AvgIpc) is 2.94. The summed E-state index contributed by atoms with van der Waals surface area (Å²) in [6.45, 7) is 3.22. The molecule has 2 N–H and O–H groups in total. The predicted octanol–water partition coefficient (Wildman–Crippen LogP) is 2.09. The van der Waals surface area contributed by atoms with Crippen molar-refractivity contribution in [2.45, 2.75) is 45.2 Å². The summed E-state index contributed by atoms with van der Waals surface area (Å²) < 4.78 is 2.01. The molecule has 1 aliphatic rings. The van der Waals surface area contributed by atoms with Gasteiger partial charge in [-0.3, -0.25) is 4.68 Å². The van der Waals surface area contributed by atoms with Gasteiger partial charge in [-0.25, -0.2) is 0 Å². The fourth-order valence-corrected chi connectivity index (χ4v) is 1.72. The molecule has 0 spiro atoms. The Bertz CT molecular complexity index is 288. The number of rotatable bonds is 5.